The molecule has 0 fully saturated rings. The summed E-state index contributed by atoms with van der Waals surface area (Å²) in [4.78, 5) is 0. The molecule has 0 saturated carbocycles. The van der Waals surface area contributed by atoms with Gasteiger partial charge in [-0.2, -0.15) is 0 Å². The van der Waals surface area contributed by atoms with E-state index in [4.69, 9.17) is 0 Å². The normalized spacial score (nSPS) is 6.58. The molecule has 0 heterocycles. The molecule has 1 aromatic rings. The molecule has 0 unspecified atom stereocenters. The summed E-state index contributed by atoms with van der Waals surface area (Å²) in [6.07, 6.45) is 1.14. The van der Waals surface area contributed by atoms with Crippen molar-refractivity contribution in [2.45, 2.75) is 42.0 Å². The predicted octanol–water partition coefficient (Wildman–Crippen LogP) is 4.55. The molecule has 0 N–H and O–H groups in total. The van der Waals surface area contributed by atoms with E-state index in [1.807, 2.05) is 19.9 Å². The molecular formula is C12H24. The van der Waals surface area contributed by atoms with E-state index < -0.39 is 0 Å². The molecule has 0 amide bonds. The number of rotatable bonds is 1. The number of hydrogen-bond donors (Lipinski definition) is 0. The van der Waals surface area contributed by atoms with Gasteiger partial charge in [0.15, 0.2) is 0 Å². The lowest BCUT2D eigenvalue weighted by molar-refractivity contribution is 1.14. The van der Waals surface area contributed by atoms with Gasteiger partial charge in [-0.3, -0.25) is 0 Å². The molecule has 1 aromatic carbocycles. The predicted molar refractivity (Wildman–Crippen MR) is 60.6 cm³/mol. The molecule has 12 heavy (non-hydrogen) atoms. The fourth-order valence-electron chi connectivity index (χ4n) is 0.714. The van der Waals surface area contributed by atoms with Crippen molar-refractivity contribution in [2.24, 2.45) is 0 Å². The molecule has 0 heteroatoms. The van der Waals surface area contributed by atoms with E-state index in [2.05, 4.69) is 31.2 Å². The summed E-state index contributed by atoms with van der Waals surface area (Å²) in [6.45, 7) is 6.16. The van der Waals surface area contributed by atoms with Crippen molar-refractivity contribution >= 4 is 0 Å². The van der Waals surface area contributed by atoms with Crippen LogP contribution in [-0.4, -0.2) is 0 Å². The molecule has 0 atom stereocenters. The van der Waals surface area contributed by atoms with Gasteiger partial charge in [-0.05, 0) is 12.0 Å². The fourth-order valence-corrected chi connectivity index (χ4v) is 0.714. The highest BCUT2D eigenvalue weighted by molar-refractivity contribution is 5.13. The molecule has 0 aromatic heterocycles. The zero-order valence-electron chi connectivity index (χ0n) is 7.09. The van der Waals surface area contributed by atoms with E-state index in [1.54, 1.807) is 0 Å². The largest absolute Gasteiger partial charge is 0.0776 e. The lowest BCUT2D eigenvalue weighted by atomic mass is 10.2. The zero-order valence-corrected chi connectivity index (χ0v) is 7.09. The van der Waals surface area contributed by atoms with Gasteiger partial charge in [-0.1, -0.05) is 66.0 Å². The number of hydrogen-bond acceptors (Lipinski definition) is 0. The van der Waals surface area contributed by atoms with Gasteiger partial charge in [0.25, 0.3) is 0 Å². The first kappa shape index (κ1) is 17.3. The van der Waals surface area contributed by atoms with Crippen molar-refractivity contribution in [3.05, 3.63) is 35.9 Å². The minimum atomic E-state index is 0. The monoisotopic (exact) mass is 168 g/mol. The lowest BCUT2D eigenvalue weighted by Crippen LogP contribution is -1.73. The highest BCUT2D eigenvalue weighted by Gasteiger charge is 1.79. The number of aryl methyl sites for hydroxylation is 1. The average molecular weight is 168 g/mol. The van der Waals surface area contributed by atoms with Gasteiger partial charge in [-0.15, -0.1) is 0 Å². The molecule has 1 rings (SSSR count). The third-order valence-corrected chi connectivity index (χ3v) is 1.25. The summed E-state index contributed by atoms with van der Waals surface area (Å²) in [5.74, 6) is 0. The Labute approximate surface area is 78.6 Å². The Morgan fingerprint density at radius 1 is 0.917 bits per heavy atom. The van der Waals surface area contributed by atoms with Gasteiger partial charge in [0, 0.05) is 0 Å². The van der Waals surface area contributed by atoms with Crippen LogP contribution in [0.15, 0.2) is 30.3 Å². The minimum absolute atomic E-state index is 0. The van der Waals surface area contributed by atoms with E-state index in [0.717, 1.165) is 6.42 Å². The van der Waals surface area contributed by atoms with Gasteiger partial charge in [0.1, 0.15) is 0 Å². The topological polar surface area (TPSA) is 0 Å². The first-order valence-corrected chi connectivity index (χ1v) is 3.97. The van der Waals surface area contributed by atoms with E-state index >= 15 is 0 Å². The molecule has 0 aliphatic carbocycles. The summed E-state index contributed by atoms with van der Waals surface area (Å²) in [5.41, 5.74) is 1.41. The highest BCUT2D eigenvalue weighted by atomic mass is 13.9. The van der Waals surface area contributed by atoms with Crippen molar-refractivity contribution in [3.8, 4) is 0 Å². The molecule has 0 bridgehead atoms. The number of benzene rings is 1. The molecule has 0 spiro atoms. The van der Waals surface area contributed by atoms with Gasteiger partial charge < -0.3 is 0 Å². The van der Waals surface area contributed by atoms with Crippen LogP contribution >= 0.6 is 0 Å². The standard InChI is InChI=1S/C8H10.C2H6.2CH4/c1-2-8-6-4-3-5-7-8;1-2;;/h3-7H,2H2,1H3;1-2H3;2*1H4. The van der Waals surface area contributed by atoms with Crippen LogP contribution in [-0.2, 0) is 6.42 Å². The van der Waals surface area contributed by atoms with E-state index in [1.165, 1.54) is 5.56 Å². The van der Waals surface area contributed by atoms with Crippen LogP contribution in [0.25, 0.3) is 0 Å². The van der Waals surface area contributed by atoms with E-state index in [-0.39, 0.29) is 14.9 Å². The highest BCUT2D eigenvalue weighted by Crippen LogP contribution is 1.96. The van der Waals surface area contributed by atoms with Gasteiger partial charge in [0.2, 0.25) is 0 Å². The van der Waals surface area contributed by atoms with Crippen molar-refractivity contribution in [1.82, 2.24) is 0 Å². The zero-order chi connectivity index (χ0) is 7.82. The minimum Gasteiger partial charge on any atom is -0.0776 e. The Hall–Kier alpha value is -0.780. The van der Waals surface area contributed by atoms with E-state index in [0.29, 0.717) is 0 Å². The molecule has 72 valence electrons. The summed E-state index contributed by atoms with van der Waals surface area (Å²) in [7, 11) is 0. The third kappa shape index (κ3) is 7.33. The van der Waals surface area contributed by atoms with Gasteiger partial charge in [0.05, 0.1) is 0 Å². The van der Waals surface area contributed by atoms with Crippen molar-refractivity contribution in [2.75, 3.05) is 0 Å². The summed E-state index contributed by atoms with van der Waals surface area (Å²) in [5, 5.41) is 0. The molecule has 0 aliphatic rings. The summed E-state index contributed by atoms with van der Waals surface area (Å²) < 4.78 is 0. The van der Waals surface area contributed by atoms with Crippen LogP contribution in [0.3, 0.4) is 0 Å². The second kappa shape index (κ2) is 12.9. The average Bonchev–Trinajstić information content (AvgIpc) is 2.10. The maximum Gasteiger partial charge on any atom is -0.0307 e. The second-order valence-electron chi connectivity index (χ2n) is 1.84. The Balaban J connectivity index is -0.000000189. The Morgan fingerprint density at radius 3 is 1.58 bits per heavy atom. The van der Waals surface area contributed by atoms with Crippen LogP contribution in [0.1, 0.15) is 41.2 Å². The van der Waals surface area contributed by atoms with Crippen molar-refractivity contribution in [1.29, 1.82) is 0 Å². The smallest absolute Gasteiger partial charge is 0.0307 e. The summed E-state index contributed by atoms with van der Waals surface area (Å²) in [6, 6.07) is 10.5. The fraction of sp³-hybridized carbons (Fsp3) is 0.500. The Bertz CT molecular complexity index is 141. The Kier molecular flexibility index (Phi) is 18.6. The molecule has 0 aliphatic heterocycles. The first-order chi connectivity index (χ1) is 4.93. The third-order valence-electron chi connectivity index (χ3n) is 1.25. The maximum atomic E-state index is 2.16. The molecular weight excluding hydrogens is 144 g/mol. The van der Waals surface area contributed by atoms with Crippen LogP contribution in [0.4, 0.5) is 0 Å². The first-order valence-electron chi connectivity index (χ1n) is 3.97. The van der Waals surface area contributed by atoms with Gasteiger partial charge >= 0.3 is 0 Å². The lowest BCUT2D eigenvalue weighted by Gasteiger charge is -1.89. The summed E-state index contributed by atoms with van der Waals surface area (Å²) >= 11 is 0. The second-order valence-corrected chi connectivity index (χ2v) is 1.84. The molecule has 0 nitrogen and oxygen atoms in total. The SMILES string of the molecule is C.C.CC.CCc1ccccc1. The molecule has 0 radical (unpaired) electrons. The Morgan fingerprint density at radius 2 is 1.33 bits per heavy atom. The van der Waals surface area contributed by atoms with Crippen LogP contribution < -0.4 is 0 Å². The molecule has 0 saturated heterocycles. The van der Waals surface area contributed by atoms with Crippen LogP contribution in [0.5, 0.6) is 0 Å². The van der Waals surface area contributed by atoms with Crippen LogP contribution in [0.2, 0.25) is 0 Å². The van der Waals surface area contributed by atoms with Gasteiger partial charge in [-0.25, -0.2) is 0 Å². The van der Waals surface area contributed by atoms with E-state index in [9.17, 15) is 0 Å². The van der Waals surface area contributed by atoms with Crippen LogP contribution in [0, 0.1) is 0 Å². The maximum absolute atomic E-state index is 2.16. The van der Waals surface area contributed by atoms with Crippen molar-refractivity contribution in [3.63, 3.8) is 0 Å². The quantitative estimate of drug-likeness (QED) is 0.577. The van der Waals surface area contributed by atoms with Crippen molar-refractivity contribution < 1.29 is 0 Å².